The van der Waals surface area contributed by atoms with Gasteiger partial charge in [0.25, 0.3) is 0 Å². The standard InChI is InChI=1S/C24H18F3NO/c1-2-28-21-6-4-3-5-19(21)20-15-16(7-13-22(20)28)8-14-23(29)17-9-11-18(12-10-17)24(25,26)27/h3-15H,2H2,1H3/b14-8+. The van der Waals surface area contributed by atoms with Crippen molar-refractivity contribution >= 4 is 33.7 Å². The summed E-state index contributed by atoms with van der Waals surface area (Å²) in [6, 6.07) is 18.4. The summed E-state index contributed by atoms with van der Waals surface area (Å²) in [6.07, 6.45) is -1.33. The molecule has 5 heteroatoms. The number of hydrogen-bond donors (Lipinski definition) is 0. The molecule has 0 fully saturated rings. The summed E-state index contributed by atoms with van der Waals surface area (Å²) in [5.74, 6) is -0.338. The molecule has 0 spiro atoms. The third-order valence-corrected chi connectivity index (χ3v) is 5.04. The fourth-order valence-corrected chi connectivity index (χ4v) is 3.61. The maximum Gasteiger partial charge on any atom is 0.416 e. The van der Waals surface area contributed by atoms with Crippen LogP contribution in [-0.2, 0) is 12.7 Å². The Kier molecular flexibility index (Phi) is 4.74. The molecule has 0 N–H and O–H groups in total. The van der Waals surface area contributed by atoms with Crippen LogP contribution >= 0.6 is 0 Å². The molecule has 0 atom stereocenters. The van der Waals surface area contributed by atoms with E-state index in [1.54, 1.807) is 6.08 Å². The molecular weight excluding hydrogens is 375 g/mol. The molecule has 0 unspecified atom stereocenters. The number of para-hydroxylation sites is 1. The van der Waals surface area contributed by atoms with E-state index in [1.807, 2.05) is 30.3 Å². The van der Waals surface area contributed by atoms with Gasteiger partial charge in [-0.15, -0.1) is 0 Å². The van der Waals surface area contributed by atoms with Crippen LogP contribution in [0.5, 0.6) is 0 Å². The van der Waals surface area contributed by atoms with E-state index in [2.05, 4.69) is 23.6 Å². The molecule has 0 saturated carbocycles. The lowest BCUT2D eigenvalue weighted by atomic mass is 10.1. The Morgan fingerprint density at radius 2 is 1.62 bits per heavy atom. The van der Waals surface area contributed by atoms with Crippen molar-refractivity contribution in [3.63, 3.8) is 0 Å². The van der Waals surface area contributed by atoms with Crippen molar-refractivity contribution in [3.05, 3.63) is 89.5 Å². The molecule has 1 heterocycles. The summed E-state index contributed by atoms with van der Waals surface area (Å²) in [4.78, 5) is 12.3. The Balaban J connectivity index is 1.64. The van der Waals surface area contributed by atoms with Gasteiger partial charge in [-0.25, -0.2) is 0 Å². The van der Waals surface area contributed by atoms with Gasteiger partial charge in [-0.05, 0) is 48.9 Å². The lowest BCUT2D eigenvalue weighted by Crippen LogP contribution is -2.05. The molecule has 0 radical (unpaired) electrons. The minimum absolute atomic E-state index is 0.220. The number of aryl methyl sites for hydroxylation is 1. The first-order valence-electron chi connectivity index (χ1n) is 9.29. The number of ketones is 1. The molecule has 2 nitrogen and oxygen atoms in total. The Labute approximate surface area is 165 Å². The van der Waals surface area contributed by atoms with E-state index in [-0.39, 0.29) is 11.3 Å². The molecule has 0 aliphatic carbocycles. The average molecular weight is 393 g/mol. The van der Waals surface area contributed by atoms with E-state index in [1.165, 1.54) is 18.2 Å². The molecule has 0 aliphatic heterocycles. The van der Waals surface area contributed by atoms with E-state index in [4.69, 9.17) is 0 Å². The van der Waals surface area contributed by atoms with Crippen LogP contribution in [0, 0.1) is 0 Å². The van der Waals surface area contributed by atoms with Gasteiger partial charge in [0, 0.05) is 33.9 Å². The van der Waals surface area contributed by atoms with Crippen molar-refractivity contribution in [2.75, 3.05) is 0 Å². The molecule has 0 bridgehead atoms. The van der Waals surface area contributed by atoms with Gasteiger partial charge in [0.05, 0.1) is 5.56 Å². The van der Waals surface area contributed by atoms with Crippen LogP contribution in [-0.4, -0.2) is 10.4 Å². The number of aromatic nitrogens is 1. The molecule has 4 aromatic rings. The molecule has 0 amide bonds. The highest BCUT2D eigenvalue weighted by atomic mass is 19.4. The number of hydrogen-bond acceptors (Lipinski definition) is 1. The summed E-state index contributed by atoms with van der Waals surface area (Å²) in [5, 5.41) is 2.25. The summed E-state index contributed by atoms with van der Waals surface area (Å²) < 4.78 is 40.2. The van der Waals surface area contributed by atoms with E-state index in [9.17, 15) is 18.0 Å². The van der Waals surface area contributed by atoms with Crippen LogP contribution in [0.3, 0.4) is 0 Å². The Morgan fingerprint density at radius 1 is 0.931 bits per heavy atom. The van der Waals surface area contributed by atoms with Crippen molar-refractivity contribution in [1.82, 2.24) is 4.57 Å². The van der Waals surface area contributed by atoms with Gasteiger partial charge in [-0.3, -0.25) is 4.79 Å². The summed E-state index contributed by atoms with van der Waals surface area (Å²) in [6.45, 7) is 2.95. The van der Waals surface area contributed by atoms with Crippen molar-refractivity contribution in [3.8, 4) is 0 Å². The monoisotopic (exact) mass is 393 g/mol. The molecule has 1 aromatic heterocycles. The van der Waals surface area contributed by atoms with Gasteiger partial charge < -0.3 is 4.57 Å². The van der Waals surface area contributed by atoms with Crippen LogP contribution in [0.2, 0.25) is 0 Å². The van der Waals surface area contributed by atoms with Crippen molar-refractivity contribution in [1.29, 1.82) is 0 Å². The van der Waals surface area contributed by atoms with Gasteiger partial charge >= 0.3 is 6.18 Å². The maximum absolute atomic E-state index is 12.7. The second kappa shape index (κ2) is 7.24. The lowest BCUT2D eigenvalue weighted by Gasteiger charge is -2.06. The molecule has 29 heavy (non-hydrogen) atoms. The smallest absolute Gasteiger partial charge is 0.341 e. The molecule has 0 saturated heterocycles. The lowest BCUT2D eigenvalue weighted by molar-refractivity contribution is -0.137. The number of carbonyl (C=O) groups excluding carboxylic acids is 1. The predicted octanol–water partition coefficient (Wildman–Crippen LogP) is 6.73. The molecule has 146 valence electrons. The highest BCUT2D eigenvalue weighted by molar-refractivity contribution is 6.10. The summed E-state index contributed by atoms with van der Waals surface area (Å²) in [5.41, 5.74) is 2.59. The van der Waals surface area contributed by atoms with Crippen LogP contribution in [0.1, 0.15) is 28.4 Å². The van der Waals surface area contributed by atoms with Gasteiger partial charge in [-0.2, -0.15) is 13.2 Å². The van der Waals surface area contributed by atoms with E-state index in [0.29, 0.717) is 0 Å². The fraction of sp³-hybridized carbons (Fsp3) is 0.125. The Bertz CT molecular complexity index is 1230. The Morgan fingerprint density at radius 3 is 2.31 bits per heavy atom. The van der Waals surface area contributed by atoms with Gasteiger partial charge in [0.15, 0.2) is 5.78 Å². The number of carbonyl (C=O) groups is 1. The number of nitrogens with zero attached hydrogens (tertiary/aromatic N) is 1. The van der Waals surface area contributed by atoms with E-state index < -0.39 is 11.7 Å². The zero-order valence-electron chi connectivity index (χ0n) is 15.7. The topological polar surface area (TPSA) is 22.0 Å². The highest BCUT2D eigenvalue weighted by Gasteiger charge is 2.30. The molecule has 0 aliphatic rings. The second-order valence-electron chi connectivity index (χ2n) is 6.81. The van der Waals surface area contributed by atoms with E-state index in [0.717, 1.165) is 46.0 Å². The van der Waals surface area contributed by atoms with Crippen molar-refractivity contribution < 1.29 is 18.0 Å². The van der Waals surface area contributed by atoms with Gasteiger partial charge in [0.1, 0.15) is 0 Å². The zero-order valence-corrected chi connectivity index (χ0v) is 15.7. The van der Waals surface area contributed by atoms with Gasteiger partial charge in [-0.1, -0.05) is 42.5 Å². The number of fused-ring (bicyclic) bond motifs is 3. The van der Waals surface area contributed by atoms with Crippen LogP contribution in [0.25, 0.3) is 27.9 Å². The second-order valence-corrected chi connectivity index (χ2v) is 6.81. The molecular formula is C24H18F3NO. The first-order valence-corrected chi connectivity index (χ1v) is 9.29. The summed E-state index contributed by atoms with van der Waals surface area (Å²) in [7, 11) is 0. The maximum atomic E-state index is 12.7. The number of alkyl halides is 3. The van der Waals surface area contributed by atoms with Crippen molar-refractivity contribution in [2.24, 2.45) is 0 Å². The normalized spacial score (nSPS) is 12.3. The SMILES string of the molecule is CCn1c2ccccc2c2cc(/C=C/C(=O)c3ccc(C(F)(F)F)cc3)ccc21. The van der Waals surface area contributed by atoms with Crippen LogP contribution < -0.4 is 0 Å². The highest BCUT2D eigenvalue weighted by Crippen LogP contribution is 2.31. The number of rotatable bonds is 4. The third-order valence-electron chi connectivity index (χ3n) is 5.04. The minimum atomic E-state index is -4.41. The van der Waals surface area contributed by atoms with Crippen molar-refractivity contribution in [2.45, 2.75) is 19.6 Å². The first-order chi connectivity index (χ1) is 13.9. The minimum Gasteiger partial charge on any atom is -0.341 e. The largest absolute Gasteiger partial charge is 0.416 e. The number of halogens is 3. The molecule has 4 rings (SSSR count). The van der Waals surface area contributed by atoms with Gasteiger partial charge in [0.2, 0.25) is 0 Å². The number of benzene rings is 3. The quantitative estimate of drug-likeness (QED) is 0.278. The Hall–Kier alpha value is -3.34. The number of allylic oxidation sites excluding steroid dienone is 1. The third kappa shape index (κ3) is 3.56. The molecule has 3 aromatic carbocycles. The average Bonchev–Trinajstić information content (AvgIpc) is 3.04. The van der Waals surface area contributed by atoms with Crippen LogP contribution in [0.15, 0.2) is 72.8 Å². The fourth-order valence-electron chi connectivity index (χ4n) is 3.61. The van der Waals surface area contributed by atoms with Crippen LogP contribution in [0.4, 0.5) is 13.2 Å². The summed E-state index contributed by atoms with van der Waals surface area (Å²) >= 11 is 0. The predicted molar refractivity (Wildman–Crippen MR) is 110 cm³/mol. The van der Waals surface area contributed by atoms with E-state index >= 15 is 0 Å². The zero-order chi connectivity index (χ0) is 20.6. The first kappa shape index (κ1) is 19.0.